The number of nitrogens with one attached hydrogen (secondary N) is 1. The number of nitrogens with two attached hydrogens (primary N) is 1. The molecule has 0 aliphatic carbocycles. The fourth-order valence-electron chi connectivity index (χ4n) is 2.68. The van der Waals surface area contributed by atoms with Crippen LogP contribution in [-0.2, 0) is 9.53 Å². The predicted molar refractivity (Wildman–Crippen MR) is 106 cm³/mol. The molecule has 9 heteroatoms. The number of carbonyl (C=O) groups is 2. The lowest BCUT2D eigenvalue weighted by Crippen LogP contribution is -2.34. The Labute approximate surface area is 172 Å². The summed E-state index contributed by atoms with van der Waals surface area (Å²) in [5, 5.41) is 11.0. The van der Waals surface area contributed by atoms with Gasteiger partial charge in [-0.1, -0.05) is 41.9 Å². The van der Waals surface area contributed by atoms with Crippen LogP contribution in [0.25, 0.3) is 11.5 Å². The molecule has 0 spiro atoms. The molecule has 3 rings (SSSR count). The second-order valence-electron chi connectivity index (χ2n) is 6.26. The molecule has 2 atom stereocenters. The Hall–Kier alpha value is -3.39. The van der Waals surface area contributed by atoms with Crippen molar-refractivity contribution in [3.8, 4) is 11.5 Å². The zero-order valence-electron chi connectivity index (χ0n) is 15.5. The first-order chi connectivity index (χ1) is 13.9. The Bertz CT molecular complexity index is 976. The number of hydrogen-bond acceptors (Lipinski definition) is 6. The summed E-state index contributed by atoms with van der Waals surface area (Å²) in [6.07, 6.45) is -0.888. The maximum absolute atomic E-state index is 12.4. The molecule has 3 aromatic rings. The third-order valence-corrected chi connectivity index (χ3v) is 4.33. The summed E-state index contributed by atoms with van der Waals surface area (Å²) in [4.78, 5) is 23.7. The third kappa shape index (κ3) is 5.55. The average Bonchev–Trinajstić information content (AvgIpc) is 3.19. The highest BCUT2D eigenvalue weighted by Gasteiger charge is 2.23. The fourth-order valence-corrected chi connectivity index (χ4v) is 2.80. The molecule has 0 saturated heterocycles. The Kier molecular flexibility index (Phi) is 6.46. The van der Waals surface area contributed by atoms with E-state index in [-0.39, 0.29) is 12.3 Å². The topological polar surface area (TPSA) is 120 Å². The maximum Gasteiger partial charge on any atom is 0.312 e. The summed E-state index contributed by atoms with van der Waals surface area (Å²) in [6, 6.07) is 14.5. The standard InChI is InChI=1S/C20H19ClN4O4/c1-12(18-24-25-19(29-18)14-5-3-2-4-6-14)28-17(26)11-16(23-20(22)27)13-7-9-15(21)10-8-13/h2-10,12,16H,11H2,1H3,(H3,22,23,27)/t12-,16+/m1/s1. The lowest BCUT2D eigenvalue weighted by atomic mass is 10.0. The van der Waals surface area contributed by atoms with Crippen molar-refractivity contribution in [2.45, 2.75) is 25.5 Å². The van der Waals surface area contributed by atoms with E-state index in [2.05, 4.69) is 15.5 Å². The van der Waals surface area contributed by atoms with Crippen molar-refractivity contribution in [1.82, 2.24) is 15.5 Å². The van der Waals surface area contributed by atoms with Gasteiger partial charge in [-0.3, -0.25) is 4.79 Å². The molecule has 150 valence electrons. The average molecular weight is 415 g/mol. The summed E-state index contributed by atoms with van der Waals surface area (Å²) < 4.78 is 11.0. The van der Waals surface area contributed by atoms with E-state index >= 15 is 0 Å². The van der Waals surface area contributed by atoms with Crippen LogP contribution in [0.3, 0.4) is 0 Å². The lowest BCUT2D eigenvalue weighted by molar-refractivity contribution is -0.150. The first-order valence-corrected chi connectivity index (χ1v) is 9.20. The molecule has 2 aromatic carbocycles. The number of ether oxygens (including phenoxy) is 1. The van der Waals surface area contributed by atoms with Gasteiger partial charge in [0.25, 0.3) is 5.89 Å². The normalized spacial score (nSPS) is 12.8. The Balaban J connectivity index is 1.65. The van der Waals surface area contributed by atoms with Crippen LogP contribution in [0.1, 0.15) is 36.9 Å². The number of aromatic nitrogens is 2. The molecular formula is C20H19ClN4O4. The molecule has 0 aliphatic heterocycles. The number of nitrogens with zero attached hydrogens (tertiary/aromatic N) is 2. The van der Waals surface area contributed by atoms with Crippen molar-refractivity contribution in [3.05, 3.63) is 71.1 Å². The van der Waals surface area contributed by atoms with E-state index in [9.17, 15) is 9.59 Å². The number of benzene rings is 2. The molecule has 0 aliphatic rings. The number of amides is 2. The minimum atomic E-state index is -0.757. The number of halogens is 1. The predicted octanol–water partition coefficient (Wildman–Crippen LogP) is 3.79. The number of carbonyl (C=O) groups excluding carboxylic acids is 2. The quantitative estimate of drug-likeness (QED) is 0.567. The second kappa shape index (κ2) is 9.20. The molecule has 0 bridgehead atoms. The molecule has 1 heterocycles. The smallest absolute Gasteiger partial charge is 0.312 e. The van der Waals surface area contributed by atoms with Crippen molar-refractivity contribution >= 4 is 23.6 Å². The minimum absolute atomic E-state index is 0.130. The zero-order valence-corrected chi connectivity index (χ0v) is 16.3. The van der Waals surface area contributed by atoms with Gasteiger partial charge in [0.05, 0.1) is 12.5 Å². The molecule has 3 N–H and O–H groups in total. The van der Waals surface area contributed by atoms with Gasteiger partial charge in [0.1, 0.15) is 0 Å². The minimum Gasteiger partial charge on any atom is -0.453 e. The van der Waals surface area contributed by atoms with Crippen LogP contribution in [0.5, 0.6) is 0 Å². The summed E-state index contributed by atoms with van der Waals surface area (Å²) in [7, 11) is 0. The van der Waals surface area contributed by atoms with Crippen LogP contribution in [0.4, 0.5) is 4.79 Å². The van der Waals surface area contributed by atoms with Gasteiger partial charge < -0.3 is 20.2 Å². The summed E-state index contributed by atoms with van der Waals surface area (Å²) in [6.45, 7) is 1.62. The second-order valence-corrected chi connectivity index (χ2v) is 6.70. The van der Waals surface area contributed by atoms with Crippen LogP contribution in [-0.4, -0.2) is 22.2 Å². The van der Waals surface area contributed by atoms with Crippen LogP contribution in [0, 0.1) is 0 Å². The van der Waals surface area contributed by atoms with Gasteiger partial charge >= 0.3 is 12.0 Å². The first-order valence-electron chi connectivity index (χ1n) is 8.82. The van der Waals surface area contributed by atoms with Crippen molar-refractivity contribution in [2.24, 2.45) is 5.73 Å². The van der Waals surface area contributed by atoms with Gasteiger partial charge in [-0.25, -0.2) is 4.79 Å². The summed E-state index contributed by atoms with van der Waals surface area (Å²) >= 11 is 5.88. The van der Waals surface area contributed by atoms with Gasteiger partial charge in [0, 0.05) is 10.6 Å². The fraction of sp³-hybridized carbons (Fsp3) is 0.200. The molecule has 2 amide bonds. The largest absolute Gasteiger partial charge is 0.453 e. The van der Waals surface area contributed by atoms with Crippen molar-refractivity contribution < 1.29 is 18.7 Å². The summed E-state index contributed by atoms with van der Waals surface area (Å²) in [5.41, 5.74) is 6.66. The van der Waals surface area contributed by atoms with E-state index in [0.717, 1.165) is 5.56 Å². The molecule has 1 aromatic heterocycles. The van der Waals surface area contributed by atoms with E-state index < -0.39 is 24.1 Å². The SMILES string of the molecule is C[C@@H](OC(=O)C[C@H](NC(N)=O)c1ccc(Cl)cc1)c1nnc(-c2ccccc2)o1. The molecule has 0 unspecified atom stereocenters. The molecule has 29 heavy (non-hydrogen) atoms. The van der Waals surface area contributed by atoms with Crippen molar-refractivity contribution in [3.63, 3.8) is 0 Å². The van der Waals surface area contributed by atoms with Crippen LogP contribution in [0.2, 0.25) is 5.02 Å². The van der Waals surface area contributed by atoms with Crippen LogP contribution < -0.4 is 11.1 Å². The monoisotopic (exact) mass is 414 g/mol. The van der Waals surface area contributed by atoms with E-state index in [4.69, 9.17) is 26.5 Å². The molecule has 0 saturated carbocycles. The van der Waals surface area contributed by atoms with Crippen LogP contribution in [0.15, 0.2) is 59.0 Å². The number of primary amides is 1. The Morgan fingerprint density at radius 2 is 1.83 bits per heavy atom. The van der Waals surface area contributed by atoms with E-state index in [1.807, 2.05) is 30.3 Å². The zero-order chi connectivity index (χ0) is 20.8. The van der Waals surface area contributed by atoms with E-state index in [1.54, 1.807) is 31.2 Å². The lowest BCUT2D eigenvalue weighted by Gasteiger charge is -2.18. The first kappa shape index (κ1) is 20.3. The number of rotatable bonds is 7. The van der Waals surface area contributed by atoms with Gasteiger partial charge in [-0.05, 0) is 36.8 Å². The molecular weight excluding hydrogens is 396 g/mol. The highest BCUT2D eigenvalue weighted by atomic mass is 35.5. The van der Waals surface area contributed by atoms with E-state index in [0.29, 0.717) is 16.5 Å². The maximum atomic E-state index is 12.4. The highest BCUT2D eigenvalue weighted by molar-refractivity contribution is 6.30. The summed E-state index contributed by atoms with van der Waals surface area (Å²) in [5.74, 6) is -0.0632. The highest BCUT2D eigenvalue weighted by Crippen LogP contribution is 2.24. The Morgan fingerprint density at radius 1 is 1.14 bits per heavy atom. The van der Waals surface area contributed by atoms with Gasteiger partial charge in [0.15, 0.2) is 6.10 Å². The van der Waals surface area contributed by atoms with Crippen molar-refractivity contribution in [2.75, 3.05) is 0 Å². The number of hydrogen-bond donors (Lipinski definition) is 2. The van der Waals surface area contributed by atoms with Crippen molar-refractivity contribution in [1.29, 1.82) is 0 Å². The van der Waals surface area contributed by atoms with Gasteiger partial charge in [-0.2, -0.15) is 0 Å². The number of esters is 1. The van der Waals surface area contributed by atoms with Gasteiger partial charge in [0.2, 0.25) is 5.89 Å². The third-order valence-electron chi connectivity index (χ3n) is 4.08. The van der Waals surface area contributed by atoms with Crippen LogP contribution >= 0.6 is 11.6 Å². The van der Waals surface area contributed by atoms with E-state index in [1.165, 1.54) is 0 Å². The molecule has 0 radical (unpaired) electrons. The van der Waals surface area contributed by atoms with Gasteiger partial charge in [-0.15, -0.1) is 10.2 Å². The molecule has 8 nitrogen and oxygen atoms in total. The number of urea groups is 1. The molecule has 0 fully saturated rings. The Morgan fingerprint density at radius 3 is 2.48 bits per heavy atom.